The van der Waals surface area contributed by atoms with Gasteiger partial charge in [0.05, 0.1) is 5.56 Å². The molecule has 38 heavy (non-hydrogen) atoms. The maximum atomic E-state index is 12.6. The summed E-state index contributed by atoms with van der Waals surface area (Å²) >= 11 is 0. The van der Waals surface area contributed by atoms with E-state index in [1.54, 1.807) is 43.3 Å². The molecule has 0 spiro atoms. The molecule has 0 saturated heterocycles. The van der Waals surface area contributed by atoms with Crippen LogP contribution < -0.4 is 4.74 Å². The van der Waals surface area contributed by atoms with Crippen LogP contribution in [0.15, 0.2) is 72.8 Å². The molecule has 1 unspecified atom stereocenters. The molecule has 3 aromatic rings. The molecular formula is C33H38O5. The van der Waals surface area contributed by atoms with E-state index in [0.717, 1.165) is 17.5 Å². The van der Waals surface area contributed by atoms with Crippen LogP contribution in [0.1, 0.15) is 92.0 Å². The van der Waals surface area contributed by atoms with E-state index in [1.165, 1.54) is 37.7 Å². The molecule has 0 saturated carbocycles. The van der Waals surface area contributed by atoms with Crippen molar-refractivity contribution in [1.29, 1.82) is 0 Å². The van der Waals surface area contributed by atoms with Gasteiger partial charge >= 0.3 is 11.9 Å². The first kappa shape index (κ1) is 28.8. The number of carbonyl (C=O) groups is 3. The Kier molecular flexibility index (Phi) is 11.3. The minimum Gasteiger partial charge on any atom is -0.454 e. The summed E-state index contributed by atoms with van der Waals surface area (Å²) in [6.07, 6.45) is 7.57. The van der Waals surface area contributed by atoms with Gasteiger partial charge in [-0.3, -0.25) is 9.59 Å². The zero-order valence-electron chi connectivity index (χ0n) is 22.7. The van der Waals surface area contributed by atoms with Gasteiger partial charge in [0.25, 0.3) is 0 Å². The third-order valence-corrected chi connectivity index (χ3v) is 6.46. The topological polar surface area (TPSA) is 69.7 Å². The highest BCUT2D eigenvalue weighted by atomic mass is 16.5. The van der Waals surface area contributed by atoms with Crippen LogP contribution in [0.25, 0.3) is 11.1 Å². The average molecular weight is 515 g/mol. The van der Waals surface area contributed by atoms with Gasteiger partial charge in [0.15, 0.2) is 6.10 Å². The Labute approximate surface area is 226 Å². The van der Waals surface area contributed by atoms with Gasteiger partial charge in [-0.25, -0.2) is 4.79 Å². The second kappa shape index (κ2) is 14.9. The first-order valence-electron chi connectivity index (χ1n) is 13.7. The molecule has 200 valence electrons. The Hall–Kier alpha value is -3.73. The summed E-state index contributed by atoms with van der Waals surface area (Å²) in [4.78, 5) is 36.8. The number of ether oxygens (including phenoxy) is 2. The van der Waals surface area contributed by atoms with Crippen LogP contribution >= 0.6 is 0 Å². The van der Waals surface area contributed by atoms with E-state index in [0.29, 0.717) is 23.3 Å². The van der Waals surface area contributed by atoms with E-state index in [-0.39, 0.29) is 12.2 Å². The summed E-state index contributed by atoms with van der Waals surface area (Å²) in [6, 6.07) is 22.2. The third-order valence-electron chi connectivity index (χ3n) is 6.46. The van der Waals surface area contributed by atoms with Gasteiger partial charge in [-0.2, -0.15) is 0 Å². The van der Waals surface area contributed by atoms with Crippen LogP contribution in [0.4, 0.5) is 0 Å². The van der Waals surface area contributed by atoms with Crippen molar-refractivity contribution < 1.29 is 23.9 Å². The fraction of sp³-hybridized carbons (Fsp3) is 0.364. The molecule has 5 nitrogen and oxygen atoms in total. The monoisotopic (exact) mass is 514 g/mol. The first-order chi connectivity index (χ1) is 18.4. The van der Waals surface area contributed by atoms with Crippen molar-refractivity contribution in [3.63, 3.8) is 0 Å². The van der Waals surface area contributed by atoms with Gasteiger partial charge in [-0.05, 0) is 79.3 Å². The van der Waals surface area contributed by atoms with Gasteiger partial charge < -0.3 is 9.47 Å². The lowest BCUT2D eigenvalue weighted by molar-refractivity contribution is -0.146. The molecule has 3 rings (SSSR count). The Morgan fingerprint density at radius 1 is 0.684 bits per heavy atom. The molecule has 0 aliphatic rings. The van der Waals surface area contributed by atoms with Gasteiger partial charge in [0.2, 0.25) is 5.78 Å². The van der Waals surface area contributed by atoms with Crippen molar-refractivity contribution in [3.05, 3.63) is 89.5 Å². The van der Waals surface area contributed by atoms with E-state index in [4.69, 9.17) is 9.47 Å². The summed E-state index contributed by atoms with van der Waals surface area (Å²) in [6.45, 7) is 5.66. The lowest BCUT2D eigenvalue weighted by Crippen LogP contribution is -2.24. The minimum absolute atomic E-state index is 0.277. The van der Waals surface area contributed by atoms with Crippen LogP contribution in [0.3, 0.4) is 0 Å². The number of ketones is 1. The van der Waals surface area contributed by atoms with Crippen molar-refractivity contribution in [3.8, 4) is 16.9 Å². The van der Waals surface area contributed by atoms with Crippen LogP contribution in [-0.2, 0) is 16.0 Å². The van der Waals surface area contributed by atoms with Crippen molar-refractivity contribution in [2.24, 2.45) is 0 Å². The normalized spacial score (nSPS) is 11.6. The van der Waals surface area contributed by atoms with Crippen molar-refractivity contribution >= 4 is 17.7 Å². The summed E-state index contributed by atoms with van der Waals surface area (Å²) in [5.74, 6) is -0.842. The SMILES string of the molecule is CCCCCCCc1ccc(-c2ccc(C(=O)Oc3ccc(C(=O)C(C)OC(=O)CCC)cc3)cc2)cc1. The van der Waals surface area contributed by atoms with Crippen LogP contribution in [0.5, 0.6) is 5.75 Å². The Balaban J connectivity index is 1.53. The fourth-order valence-electron chi connectivity index (χ4n) is 4.20. The number of esters is 2. The molecule has 0 fully saturated rings. The quantitative estimate of drug-likeness (QED) is 0.0943. The number of rotatable bonds is 14. The number of benzene rings is 3. The molecule has 0 radical (unpaired) electrons. The Morgan fingerprint density at radius 3 is 1.87 bits per heavy atom. The summed E-state index contributed by atoms with van der Waals surface area (Å²) < 4.78 is 10.6. The fourth-order valence-corrected chi connectivity index (χ4v) is 4.20. The number of Topliss-reactive ketones (excluding diaryl/α,β-unsaturated/α-hetero) is 1. The summed E-state index contributed by atoms with van der Waals surface area (Å²) in [5.41, 5.74) is 4.31. The van der Waals surface area contributed by atoms with Crippen LogP contribution in [0, 0.1) is 0 Å². The molecule has 1 atom stereocenters. The molecule has 0 bridgehead atoms. The molecule has 0 N–H and O–H groups in total. The largest absolute Gasteiger partial charge is 0.454 e. The van der Waals surface area contributed by atoms with Crippen molar-refractivity contribution in [2.75, 3.05) is 0 Å². The van der Waals surface area contributed by atoms with Gasteiger partial charge in [0.1, 0.15) is 5.75 Å². The minimum atomic E-state index is -0.868. The lowest BCUT2D eigenvalue weighted by Gasteiger charge is -2.12. The summed E-state index contributed by atoms with van der Waals surface area (Å²) in [5, 5.41) is 0. The maximum absolute atomic E-state index is 12.6. The Morgan fingerprint density at radius 2 is 1.26 bits per heavy atom. The van der Waals surface area contributed by atoms with E-state index in [2.05, 4.69) is 31.2 Å². The highest BCUT2D eigenvalue weighted by molar-refractivity contribution is 6.00. The molecule has 5 heteroatoms. The zero-order chi connectivity index (χ0) is 27.3. The maximum Gasteiger partial charge on any atom is 0.343 e. The van der Waals surface area contributed by atoms with Gasteiger partial charge in [-0.1, -0.05) is 75.9 Å². The zero-order valence-corrected chi connectivity index (χ0v) is 22.7. The molecule has 0 aliphatic heterocycles. The van der Waals surface area contributed by atoms with Crippen LogP contribution in [0.2, 0.25) is 0 Å². The second-order valence-electron chi connectivity index (χ2n) is 9.60. The van der Waals surface area contributed by atoms with E-state index < -0.39 is 18.0 Å². The average Bonchev–Trinajstić information content (AvgIpc) is 2.93. The van der Waals surface area contributed by atoms with E-state index in [9.17, 15) is 14.4 Å². The lowest BCUT2D eigenvalue weighted by atomic mass is 10.00. The van der Waals surface area contributed by atoms with Crippen molar-refractivity contribution in [2.45, 2.75) is 78.2 Å². The van der Waals surface area contributed by atoms with E-state index in [1.807, 2.05) is 19.1 Å². The highest BCUT2D eigenvalue weighted by Gasteiger charge is 2.19. The predicted molar refractivity (Wildman–Crippen MR) is 151 cm³/mol. The number of unbranched alkanes of at least 4 members (excludes halogenated alkanes) is 4. The standard InChI is InChI=1S/C33H38O5/c1-4-6-7-8-9-11-25-12-14-26(15-13-25)27-16-18-29(19-17-27)33(36)38-30-22-20-28(21-23-30)32(35)24(3)37-31(34)10-5-2/h12-24H,4-11H2,1-3H3. The van der Waals surface area contributed by atoms with Crippen LogP contribution in [-0.4, -0.2) is 23.8 Å². The highest BCUT2D eigenvalue weighted by Crippen LogP contribution is 2.22. The van der Waals surface area contributed by atoms with Gasteiger partial charge in [0, 0.05) is 12.0 Å². The molecule has 0 aromatic heterocycles. The smallest absolute Gasteiger partial charge is 0.343 e. The molecular weight excluding hydrogens is 476 g/mol. The molecule has 0 amide bonds. The first-order valence-corrected chi connectivity index (χ1v) is 13.7. The van der Waals surface area contributed by atoms with Gasteiger partial charge in [-0.15, -0.1) is 0 Å². The number of hydrogen-bond acceptors (Lipinski definition) is 5. The third kappa shape index (κ3) is 8.69. The molecule has 0 heterocycles. The molecule has 0 aliphatic carbocycles. The van der Waals surface area contributed by atoms with Crippen molar-refractivity contribution in [1.82, 2.24) is 0 Å². The number of aryl methyl sites for hydroxylation is 1. The van der Waals surface area contributed by atoms with E-state index >= 15 is 0 Å². The summed E-state index contributed by atoms with van der Waals surface area (Å²) in [7, 11) is 0. The number of hydrogen-bond donors (Lipinski definition) is 0. The molecule has 3 aromatic carbocycles. The second-order valence-corrected chi connectivity index (χ2v) is 9.60. The predicted octanol–water partition coefficient (Wildman–Crippen LogP) is 8.00. The number of carbonyl (C=O) groups excluding carboxylic acids is 3. The Bertz CT molecular complexity index is 1180.